The molecule has 0 aromatic rings. The molecule has 5 heteroatoms. The van der Waals surface area contributed by atoms with Crippen LogP contribution in [0.2, 0.25) is 0 Å². The van der Waals surface area contributed by atoms with Crippen molar-refractivity contribution >= 4 is 15.7 Å². The van der Waals surface area contributed by atoms with E-state index < -0.39 is 14.6 Å². The maximum atomic E-state index is 12.0. The molecule has 4 nitrogen and oxygen atoms in total. The molecule has 1 amide bonds. The maximum Gasteiger partial charge on any atom is 0.223 e. The number of carbonyl (C=O) groups is 1. The van der Waals surface area contributed by atoms with Gasteiger partial charge in [-0.3, -0.25) is 4.79 Å². The van der Waals surface area contributed by atoms with Gasteiger partial charge in [0.1, 0.15) is 0 Å². The van der Waals surface area contributed by atoms with Crippen molar-refractivity contribution in [2.24, 2.45) is 17.8 Å². The molecular formula is C13H21NO3S. The minimum absolute atomic E-state index is 0.0850. The van der Waals surface area contributed by atoms with Crippen LogP contribution < -0.4 is 5.32 Å². The van der Waals surface area contributed by atoms with E-state index in [1.807, 2.05) is 0 Å². The zero-order valence-corrected chi connectivity index (χ0v) is 11.6. The number of hydrogen-bond acceptors (Lipinski definition) is 3. The summed E-state index contributed by atoms with van der Waals surface area (Å²) in [5.41, 5.74) is 0. The molecule has 0 aromatic carbocycles. The van der Waals surface area contributed by atoms with Crippen LogP contribution in [0, 0.1) is 17.8 Å². The summed E-state index contributed by atoms with van der Waals surface area (Å²) < 4.78 is 22.9. The molecule has 0 saturated heterocycles. The summed E-state index contributed by atoms with van der Waals surface area (Å²) in [6.45, 7) is 0.318. The first-order chi connectivity index (χ1) is 8.43. The van der Waals surface area contributed by atoms with Gasteiger partial charge in [0.15, 0.2) is 9.84 Å². The van der Waals surface area contributed by atoms with Crippen molar-refractivity contribution in [1.29, 1.82) is 0 Å². The van der Waals surface area contributed by atoms with Crippen LogP contribution in [0.1, 0.15) is 38.5 Å². The van der Waals surface area contributed by atoms with Crippen LogP contribution in [-0.4, -0.2) is 31.9 Å². The van der Waals surface area contributed by atoms with Crippen LogP contribution in [0.5, 0.6) is 0 Å². The van der Waals surface area contributed by atoms with Crippen LogP contribution in [0.25, 0.3) is 0 Å². The lowest BCUT2D eigenvalue weighted by Crippen LogP contribution is -2.53. The molecule has 2 unspecified atom stereocenters. The second-order valence-electron chi connectivity index (χ2n) is 6.37. The van der Waals surface area contributed by atoms with Crippen molar-refractivity contribution in [3.05, 3.63) is 0 Å². The normalized spacial score (nSPS) is 33.6. The number of rotatable bonds is 5. The first kappa shape index (κ1) is 12.5. The molecule has 0 radical (unpaired) electrons. The Bertz CT molecular complexity index is 463. The fraction of sp³-hybridized carbons (Fsp3) is 0.923. The fourth-order valence-electron chi connectivity index (χ4n) is 3.19. The third-order valence-electron chi connectivity index (χ3n) is 5.04. The molecule has 0 heterocycles. The Kier molecular flexibility index (Phi) is 2.74. The van der Waals surface area contributed by atoms with Crippen LogP contribution in [-0.2, 0) is 14.6 Å². The van der Waals surface area contributed by atoms with Crippen molar-refractivity contribution < 1.29 is 13.2 Å². The minimum Gasteiger partial charge on any atom is -0.354 e. The van der Waals surface area contributed by atoms with Crippen molar-refractivity contribution in [2.45, 2.75) is 43.3 Å². The Balaban J connectivity index is 1.53. The first-order valence-electron chi connectivity index (χ1n) is 6.90. The number of sulfone groups is 1. The van der Waals surface area contributed by atoms with Gasteiger partial charge in [-0.1, -0.05) is 6.42 Å². The van der Waals surface area contributed by atoms with Crippen LogP contribution in [0.15, 0.2) is 0 Å². The molecule has 2 atom stereocenters. The van der Waals surface area contributed by atoms with E-state index in [-0.39, 0.29) is 11.8 Å². The fourth-order valence-corrected chi connectivity index (χ4v) is 4.56. The predicted octanol–water partition coefficient (Wildman–Crippen LogP) is 1.12. The molecule has 0 aliphatic heterocycles. The first-order valence-corrected chi connectivity index (χ1v) is 8.79. The van der Waals surface area contributed by atoms with Crippen LogP contribution in [0.3, 0.4) is 0 Å². The number of carbonyl (C=O) groups excluding carboxylic acids is 1. The minimum atomic E-state index is -3.06. The summed E-state index contributed by atoms with van der Waals surface area (Å²) in [5.74, 6) is 1.64. The van der Waals surface area contributed by atoms with Crippen LogP contribution in [0.4, 0.5) is 0 Å². The molecule has 3 aliphatic carbocycles. The third-order valence-corrected chi connectivity index (χ3v) is 7.17. The Morgan fingerprint density at radius 1 is 1.33 bits per heavy atom. The average molecular weight is 271 g/mol. The Morgan fingerprint density at radius 3 is 2.44 bits per heavy atom. The highest BCUT2D eigenvalue weighted by Crippen LogP contribution is 2.54. The van der Waals surface area contributed by atoms with Crippen molar-refractivity contribution in [1.82, 2.24) is 5.32 Å². The van der Waals surface area contributed by atoms with E-state index in [1.165, 1.54) is 19.1 Å². The Morgan fingerprint density at radius 2 is 2.00 bits per heavy atom. The zero-order valence-electron chi connectivity index (χ0n) is 10.8. The average Bonchev–Trinajstić information content (AvgIpc) is 3.05. The Labute approximate surface area is 108 Å². The van der Waals surface area contributed by atoms with Gasteiger partial charge < -0.3 is 5.32 Å². The van der Waals surface area contributed by atoms with Gasteiger partial charge >= 0.3 is 0 Å². The van der Waals surface area contributed by atoms with Gasteiger partial charge in [-0.15, -0.1) is 0 Å². The van der Waals surface area contributed by atoms with E-state index in [0.717, 1.165) is 18.8 Å². The molecule has 0 spiro atoms. The van der Waals surface area contributed by atoms with Crippen LogP contribution >= 0.6 is 0 Å². The largest absolute Gasteiger partial charge is 0.354 e. The summed E-state index contributed by atoms with van der Waals surface area (Å²) in [7, 11) is -3.06. The lowest BCUT2D eigenvalue weighted by molar-refractivity contribution is -0.122. The molecule has 3 aliphatic rings. The van der Waals surface area contributed by atoms with E-state index in [1.54, 1.807) is 0 Å². The lowest BCUT2D eigenvalue weighted by Gasteiger charge is -2.39. The molecule has 3 saturated carbocycles. The predicted molar refractivity (Wildman–Crippen MR) is 68.8 cm³/mol. The molecular weight excluding hydrogens is 250 g/mol. The highest BCUT2D eigenvalue weighted by Gasteiger charge is 2.52. The monoisotopic (exact) mass is 271 g/mol. The van der Waals surface area contributed by atoms with Crippen molar-refractivity contribution in [3.8, 4) is 0 Å². The van der Waals surface area contributed by atoms with Crippen molar-refractivity contribution in [2.75, 3.05) is 12.8 Å². The smallest absolute Gasteiger partial charge is 0.223 e. The van der Waals surface area contributed by atoms with Gasteiger partial charge in [0.05, 0.1) is 4.75 Å². The van der Waals surface area contributed by atoms with Gasteiger partial charge in [0.2, 0.25) is 5.91 Å². The highest BCUT2D eigenvalue weighted by molar-refractivity contribution is 7.92. The van der Waals surface area contributed by atoms with Gasteiger partial charge in [-0.2, -0.15) is 0 Å². The maximum absolute atomic E-state index is 12.0. The van der Waals surface area contributed by atoms with Gasteiger partial charge in [-0.25, -0.2) is 8.42 Å². The summed E-state index contributed by atoms with van der Waals surface area (Å²) in [4.78, 5) is 12.0. The van der Waals surface area contributed by atoms with E-state index in [0.29, 0.717) is 25.3 Å². The molecule has 1 N–H and O–H groups in total. The summed E-state index contributed by atoms with van der Waals surface area (Å²) in [6, 6.07) is 0. The van der Waals surface area contributed by atoms with E-state index >= 15 is 0 Å². The molecule has 0 bridgehead atoms. The second-order valence-corrected chi connectivity index (χ2v) is 8.78. The van der Waals surface area contributed by atoms with Gasteiger partial charge in [-0.05, 0) is 43.9 Å². The van der Waals surface area contributed by atoms with Crippen molar-refractivity contribution in [3.63, 3.8) is 0 Å². The summed E-state index contributed by atoms with van der Waals surface area (Å²) in [5, 5.41) is 2.89. The SMILES string of the molecule is CS(=O)(=O)C1(CNC(=O)C2CC2C2CC2)CCC1. The van der Waals surface area contributed by atoms with Gasteiger partial charge in [0, 0.05) is 18.7 Å². The topological polar surface area (TPSA) is 63.2 Å². The number of amides is 1. The van der Waals surface area contributed by atoms with Gasteiger partial charge in [0.25, 0.3) is 0 Å². The quantitative estimate of drug-likeness (QED) is 0.815. The summed E-state index contributed by atoms with van der Waals surface area (Å²) in [6.07, 6.45) is 7.22. The summed E-state index contributed by atoms with van der Waals surface area (Å²) >= 11 is 0. The van der Waals surface area contributed by atoms with E-state index in [4.69, 9.17) is 0 Å². The lowest BCUT2D eigenvalue weighted by atomic mass is 9.84. The Hall–Kier alpha value is -0.580. The third kappa shape index (κ3) is 2.06. The zero-order chi connectivity index (χ0) is 13.0. The number of nitrogens with one attached hydrogen (secondary N) is 1. The number of hydrogen-bond donors (Lipinski definition) is 1. The molecule has 102 valence electrons. The second kappa shape index (κ2) is 3.95. The molecule has 0 aromatic heterocycles. The van der Waals surface area contributed by atoms with E-state index in [9.17, 15) is 13.2 Å². The molecule has 3 rings (SSSR count). The van der Waals surface area contributed by atoms with E-state index in [2.05, 4.69) is 5.32 Å². The standard InChI is InChI=1S/C13H21NO3S/c1-18(16,17)13(5-2-6-13)8-14-12(15)11-7-10(11)9-3-4-9/h9-11H,2-8H2,1H3,(H,14,15). The molecule has 3 fully saturated rings. The molecule has 18 heavy (non-hydrogen) atoms. The highest BCUT2D eigenvalue weighted by atomic mass is 32.2.